The van der Waals surface area contributed by atoms with Gasteiger partial charge in [-0.2, -0.15) is 0 Å². The average molecular weight is 277 g/mol. The van der Waals surface area contributed by atoms with E-state index in [2.05, 4.69) is 5.32 Å². The van der Waals surface area contributed by atoms with Gasteiger partial charge >= 0.3 is 5.97 Å². The summed E-state index contributed by atoms with van der Waals surface area (Å²) < 4.78 is 0. The Morgan fingerprint density at radius 2 is 1.90 bits per heavy atom. The molecule has 0 aromatic heterocycles. The summed E-state index contributed by atoms with van der Waals surface area (Å²) in [7, 11) is 0. The summed E-state index contributed by atoms with van der Waals surface area (Å²) in [6.07, 6.45) is 8.55. The predicted molar refractivity (Wildman–Crippen MR) is 72.9 cm³/mol. The normalized spacial score (nSPS) is 48.7. The number of nitrogens with one attached hydrogen (secondary N) is 1. The highest BCUT2D eigenvalue weighted by Gasteiger charge is 2.65. The molecule has 0 saturated heterocycles. The van der Waals surface area contributed by atoms with Crippen molar-refractivity contribution in [3.8, 4) is 0 Å². The van der Waals surface area contributed by atoms with Crippen LogP contribution in [0, 0.1) is 29.1 Å². The zero-order valence-electron chi connectivity index (χ0n) is 11.8. The van der Waals surface area contributed by atoms with Crippen LogP contribution in [0.5, 0.6) is 0 Å². The van der Waals surface area contributed by atoms with Gasteiger partial charge < -0.3 is 10.4 Å². The number of hydrogen-bond acceptors (Lipinski definition) is 2. The number of hydrogen-bond donors (Lipinski definition) is 2. The van der Waals surface area contributed by atoms with E-state index in [4.69, 9.17) is 0 Å². The van der Waals surface area contributed by atoms with Crippen molar-refractivity contribution in [3.63, 3.8) is 0 Å². The molecule has 4 aliphatic carbocycles. The van der Waals surface area contributed by atoms with Crippen LogP contribution in [-0.4, -0.2) is 23.0 Å². The Balaban J connectivity index is 1.32. The highest BCUT2D eigenvalue weighted by atomic mass is 16.4. The van der Waals surface area contributed by atoms with Gasteiger partial charge in [0.05, 0.1) is 5.41 Å². The number of carbonyl (C=O) groups is 2. The highest BCUT2D eigenvalue weighted by Crippen LogP contribution is 2.63. The van der Waals surface area contributed by atoms with Crippen molar-refractivity contribution in [2.24, 2.45) is 29.1 Å². The third-order valence-electron chi connectivity index (χ3n) is 6.56. The van der Waals surface area contributed by atoms with Gasteiger partial charge in [-0.3, -0.25) is 9.59 Å². The van der Waals surface area contributed by atoms with Crippen LogP contribution in [0.4, 0.5) is 0 Å². The second kappa shape index (κ2) is 4.22. The molecule has 0 aromatic rings. The van der Waals surface area contributed by atoms with E-state index in [0.29, 0.717) is 18.3 Å². The number of rotatable bonds is 3. The molecule has 4 nitrogen and oxygen atoms in total. The van der Waals surface area contributed by atoms with Crippen LogP contribution in [0.3, 0.4) is 0 Å². The quantitative estimate of drug-likeness (QED) is 0.831. The number of carboxylic acid groups (broad SMARTS) is 1. The molecule has 0 heterocycles. The van der Waals surface area contributed by atoms with Crippen LogP contribution in [0.1, 0.15) is 51.4 Å². The largest absolute Gasteiger partial charge is 0.481 e. The Kier molecular flexibility index (Phi) is 2.67. The highest BCUT2D eigenvalue weighted by molar-refractivity contribution is 5.82. The number of amides is 1. The van der Waals surface area contributed by atoms with Crippen LogP contribution in [-0.2, 0) is 9.59 Å². The lowest BCUT2D eigenvalue weighted by Crippen LogP contribution is -2.50. The summed E-state index contributed by atoms with van der Waals surface area (Å²) in [5.41, 5.74) is -0.481. The Bertz CT molecular complexity index is 463. The van der Waals surface area contributed by atoms with Gasteiger partial charge in [-0.1, -0.05) is 19.3 Å². The number of fused-ring (bicyclic) bond motifs is 2. The first kappa shape index (κ1) is 12.7. The molecule has 4 fully saturated rings. The first-order valence-electron chi connectivity index (χ1n) is 8.14. The predicted octanol–water partition coefficient (Wildman–Crippen LogP) is 2.18. The van der Waals surface area contributed by atoms with E-state index in [1.165, 1.54) is 25.7 Å². The Hall–Kier alpha value is -1.06. The summed E-state index contributed by atoms with van der Waals surface area (Å²) in [6.45, 7) is 0. The van der Waals surface area contributed by atoms with Crippen LogP contribution < -0.4 is 5.32 Å². The summed E-state index contributed by atoms with van der Waals surface area (Å²) in [5.74, 6) is 1.50. The molecule has 0 aliphatic heterocycles. The maximum atomic E-state index is 12.4. The minimum atomic E-state index is -0.657. The molecule has 4 heteroatoms. The van der Waals surface area contributed by atoms with Gasteiger partial charge in [0.2, 0.25) is 5.91 Å². The molecule has 4 rings (SSSR count). The van der Waals surface area contributed by atoms with Crippen molar-refractivity contribution in [1.82, 2.24) is 5.32 Å². The standard InChI is InChI=1S/C16H23NO3/c18-14(13-5-9-3-1-2-4-12(9)13)17-11-6-10-7-16(10,8-11)15(19)20/h9-13H,1-8H2,(H,17,18)(H,19,20)/t9-,10+,11-,12-,13+,16-/m0/s1. The molecule has 0 unspecified atom stereocenters. The summed E-state index contributed by atoms with van der Waals surface area (Å²) >= 11 is 0. The zero-order valence-corrected chi connectivity index (χ0v) is 11.8. The molecule has 6 atom stereocenters. The Morgan fingerprint density at radius 3 is 2.60 bits per heavy atom. The van der Waals surface area contributed by atoms with Gasteiger partial charge in [0.1, 0.15) is 0 Å². The van der Waals surface area contributed by atoms with Gasteiger partial charge in [-0.15, -0.1) is 0 Å². The minimum Gasteiger partial charge on any atom is -0.481 e. The molecular formula is C16H23NO3. The van der Waals surface area contributed by atoms with Gasteiger partial charge in [0, 0.05) is 12.0 Å². The van der Waals surface area contributed by atoms with Crippen molar-refractivity contribution in [2.75, 3.05) is 0 Å². The van der Waals surface area contributed by atoms with Crippen molar-refractivity contribution in [3.05, 3.63) is 0 Å². The van der Waals surface area contributed by atoms with Crippen molar-refractivity contribution in [2.45, 2.75) is 57.4 Å². The summed E-state index contributed by atoms with van der Waals surface area (Å²) in [5, 5.41) is 12.4. The fourth-order valence-corrected chi connectivity index (χ4v) is 5.24. The van der Waals surface area contributed by atoms with Crippen LogP contribution in [0.2, 0.25) is 0 Å². The lowest BCUT2D eigenvalue weighted by molar-refractivity contribution is -0.144. The number of carboxylic acids is 1. The molecule has 1 amide bonds. The first-order chi connectivity index (χ1) is 9.60. The lowest BCUT2D eigenvalue weighted by atomic mass is 9.58. The topological polar surface area (TPSA) is 66.4 Å². The van der Waals surface area contributed by atoms with E-state index in [1.807, 2.05) is 0 Å². The van der Waals surface area contributed by atoms with Gasteiger partial charge in [0.25, 0.3) is 0 Å². The second-order valence-electron chi connectivity index (χ2n) is 7.56. The fourth-order valence-electron chi connectivity index (χ4n) is 5.24. The third kappa shape index (κ3) is 1.73. The number of aliphatic carboxylic acids is 1. The van der Waals surface area contributed by atoms with E-state index >= 15 is 0 Å². The molecule has 20 heavy (non-hydrogen) atoms. The molecule has 0 spiro atoms. The molecule has 110 valence electrons. The van der Waals surface area contributed by atoms with Crippen molar-refractivity contribution >= 4 is 11.9 Å². The van der Waals surface area contributed by atoms with Gasteiger partial charge in [0.15, 0.2) is 0 Å². The SMILES string of the molecule is O=C(N[C@H]1C[C@@H]2C[C@]2(C(=O)O)C1)[C@@H]1C[C@@H]2CCCC[C@@H]21. The summed E-state index contributed by atoms with van der Waals surface area (Å²) in [4.78, 5) is 23.6. The van der Waals surface area contributed by atoms with Crippen LogP contribution in [0.25, 0.3) is 0 Å². The van der Waals surface area contributed by atoms with E-state index < -0.39 is 11.4 Å². The first-order valence-corrected chi connectivity index (χ1v) is 8.14. The van der Waals surface area contributed by atoms with E-state index in [1.54, 1.807) is 0 Å². The fraction of sp³-hybridized carbons (Fsp3) is 0.875. The van der Waals surface area contributed by atoms with Gasteiger partial charge in [-0.05, 0) is 49.9 Å². The van der Waals surface area contributed by atoms with E-state index in [9.17, 15) is 14.7 Å². The van der Waals surface area contributed by atoms with E-state index in [0.717, 1.165) is 25.2 Å². The molecule has 4 saturated carbocycles. The van der Waals surface area contributed by atoms with Crippen molar-refractivity contribution in [1.29, 1.82) is 0 Å². The molecule has 4 aliphatic rings. The molecule has 0 bridgehead atoms. The second-order valence-corrected chi connectivity index (χ2v) is 7.56. The smallest absolute Gasteiger partial charge is 0.310 e. The number of carbonyl (C=O) groups excluding carboxylic acids is 1. The van der Waals surface area contributed by atoms with Gasteiger partial charge in [-0.25, -0.2) is 0 Å². The molecule has 0 aromatic carbocycles. The Labute approximate surface area is 119 Å². The summed E-state index contributed by atoms with van der Waals surface area (Å²) in [6, 6.07) is 0.111. The maximum absolute atomic E-state index is 12.4. The molecular weight excluding hydrogens is 254 g/mol. The molecule has 2 N–H and O–H groups in total. The van der Waals surface area contributed by atoms with E-state index in [-0.39, 0.29) is 17.9 Å². The van der Waals surface area contributed by atoms with Crippen LogP contribution in [0.15, 0.2) is 0 Å². The monoisotopic (exact) mass is 277 g/mol. The van der Waals surface area contributed by atoms with Crippen molar-refractivity contribution < 1.29 is 14.7 Å². The minimum absolute atomic E-state index is 0.111. The Morgan fingerprint density at radius 1 is 1.10 bits per heavy atom. The average Bonchev–Trinajstić information content (AvgIpc) is 2.95. The zero-order chi connectivity index (χ0) is 13.9. The van der Waals surface area contributed by atoms with Crippen LogP contribution >= 0.6 is 0 Å². The molecule has 0 radical (unpaired) electrons. The maximum Gasteiger partial charge on any atom is 0.310 e. The lowest BCUT2D eigenvalue weighted by Gasteiger charge is -2.47. The third-order valence-corrected chi connectivity index (χ3v) is 6.56.